The SMILES string of the molecule is Cc1ccc(C)c(N2CCN(C(=O)C3CCOCC3)CC2)c1. The van der Waals surface area contributed by atoms with Crippen LogP contribution in [-0.4, -0.2) is 50.2 Å². The lowest BCUT2D eigenvalue weighted by molar-refractivity contribution is -0.138. The van der Waals surface area contributed by atoms with Crippen LogP contribution in [0.1, 0.15) is 24.0 Å². The van der Waals surface area contributed by atoms with Crippen molar-refractivity contribution in [3.8, 4) is 0 Å². The van der Waals surface area contributed by atoms with Crippen LogP contribution in [0.15, 0.2) is 18.2 Å². The molecule has 4 heteroatoms. The van der Waals surface area contributed by atoms with Crippen LogP contribution in [0.2, 0.25) is 0 Å². The maximum absolute atomic E-state index is 12.6. The second kappa shape index (κ2) is 6.69. The average Bonchev–Trinajstić information content (AvgIpc) is 2.57. The number of ether oxygens (including phenoxy) is 1. The highest BCUT2D eigenvalue weighted by molar-refractivity contribution is 5.79. The summed E-state index contributed by atoms with van der Waals surface area (Å²) >= 11 is 0. The summed E-state index contributed by atoms with van der Waals surface area (Å²) in [7, 11) is 0. The zero-order valence-corrected chi connectivity index (χ0v) is 13.7. The van der Waals surface area contributed by atoms with E-state index in [2.05, 4.69) is 41.8 Å². The molecule has 2 aliphatic rings. The van der Waals surface area contributed by atoms with Crippen LogP contribution in [-0.2, 0) is 9.53 Å². The number of hydrogen-bond donors (Lipinski definition) is 0. The van der Waals surface area contributed by atoms with Gasteiger partial charge in [0.05, 0.1) is 0 Å². The van der Waals surface area contributed by atoms with Gasteiger partial charge in [-0.3, -0.25) is 4.79 Å². The summed E-state index contributed by atoms with van der Waals surface area (Å²) in [5.41, 5.74) is 3.93. The normalized spacial score (nSPS) is 20.3. The highest BCUT2D eigenvalue weighted by Gasteiger charge is 2.29. The second-order valence-corrected chi connectivity index (χ2v) is 6.49. The molecule has 0 aromatic heterocycles. The first-order valence-corrected chi connectivity index (χ1v) is 8.34. The Morgan fingerprint density at radius 1 is 1.09 bits per heavy atom. The minimum absolute atomic E-state index is 0.181. The average molecular weight is 302 g/mol. The van der Waals surface area contributed by atoms with Crippen LogP contribution in [0.25, 0.3) is 0 Å². The highest BCUT2D eigenvalue weighted by atomic mass is 16.5. The maximum atomic E-state index is 12.6. The first-order valence-electron chi connectivity index (χ1n) is 8.34. The van der Waals surface area contributed by atoms with Crippen molar-refractivity contribution in [2.75, 3.05) is 44.3 Å². The fraction of sp³-hybridized carbons (Fsp3) is 0.611. The van der Waals surface area contributed by atoms with Crippen molar-refractivity contribution in [2.24, 2.45) is 5.92 Å². The van der Waals surface area contributed by atoms with Crippen molar-refractivity contribution in [1.82, 2.24) is 4.90 Å². The minimum atomic E-state index is 0.181. The van der Waals surface area contributed by atoms with Crippen LogP contribution in [0.5, 0.6) is 0 Å². The Bertz CT molecular complexity index is 530. The number of aryl methyl sites for hydroxylation is 2. The summed E-state index contributed by atoms with van der Waals surface area (Å²) in [6, 6.07) is 6.60. The van der Waals surface area contributed by atoms with Gasteiger partial charge in [0.25, 0.3) is 0 Å². The number of carbonyl (C=O) groups excluding carboxylic acids is 1. The fourth-order valence-corrected chi connectivity index (χ4v) is 3.43. The Morgan fingerprint density at radius 3 is 2.45 bits per heavy atom. The molecule has 0 bridgehead atoms. The molecule has 0 atom stereocenters. The van der Waals surface area contributed by atoms with Crippen molar-refractivity contribution in [1.29, 1.82) is 0 Å². The third kappa shape index (κ3) is 3.27. The van der Waals surface area contributed by atoms with Crippen LogP contribution in [0, 0.1) is 19.8 Å². The summed E-state index contributed by atoms with van der Waals surface area (Å²) in [5, 5.41) is 0. The molecule has 0 N–H and O–H groups in total. The van der Waals surface area contributed by atoms with Gasteiger partial charge in [0.2, 0.25) is 5.91 Å². The van der Waals surface area contributed by atoms with Crippen molar-refractivity contribution < 1.29 is 9.53 Å². The Balaban J connectivity index is 1.60. The first-order chi connectivity index (χ1) is 10.6. The predicted molar refractivity (Wildman–Crippen MR) is 88.3 cm³/mol. The summed E-state index contributed by atoms with van der Waals surface area (Å²) in [6.45, 7) is 9.30. The molecule has 2 aliphatic heterocycles. The van der Waals surface area contributed by atoms with Crippen molar-refractivity contribution in [2.45, 2.75) is 26.7 Å². The van der Waals surface area contributed by atoms with Crippen molar-refractivity contribution in [3.05, 3.63) is 29.3 Å². The van der Waals surface area contributed by atoms with Gasteiger partial charge in [0, 0.05) is 51.0 Å². The topological polar surface area (TPSA) is 32.8 Å². The van der Waals surface area contributed by atoms with E-state index in [1.165, 1.54) is 16.8 Å². The van der Waals surface area contributed by atoms with E-state index in [4.69, 9.17) is 4.74 Å². The minimum Gasteiger partial charge on any atom is -0.381 e. The van der Waals surface area contributed by atoms with Crippen LogP contribution < -0.4 is 4.90 Å². The molecule has 2 heterocycles. The maximum Gasteiger partial charge on any atom is 0.225 e. The molecular weight excluding hydrogens is 276 g/mol. The van der Waals surface area contributed by atoms with Gasteiger partial charge in [-0.1, -0.05) is 12.1 Å². The molecule has 22 heavy (non-hydrogen) atoms. The van der Waals surface area contributed by atoms with Gasteiger partial charge in [0.15, 0.2) is 0 Å². The van der Waals surface area contributed by atoms with E-state index >= 15 is 0 Å². The Kier molecular flexibility index (Phi) is 4.67. The van der Waals surface area contributed by atoms with E-state index in [1.807, 2.05) is 0 Å². The smallest absolute Gasteiger partial charge is 0.225 e. The molecule has 1 amide bonds. The van der Waals surface area contributed by atoms with Crippen LogP contribution >= 0.6 is 0 Å². The molecule has 120 valence electrons. The number of hydrogen-bond acceptors (Lipinski definition) is 3. The summed E-state index contributed by atoms with van der Waals surface area (Å²) in [5.74, 6) is 0.518. The number of amides is 1. The lowest BCUT2D eigenvalue weighted by atomic mass is 9.98. The van der Waals surface area contributed by atoms with Gasteiger partial charge >= 0.3 is 0 Å². The van der Waals surface area contributed by atoms with Crippen LogP contribution in [0.3, 0.4) is 0 Å². The molecule has 0 aliphatic carbocycles. The molecular formula is C18H26N2O2. The molecule has 0 radical (unpaired) electrons. The Hall–Kier alpha value is -1.55. The number of nitrogens with zero attached hydrogens (tertiary/aromatic N) is 2. The van der Waals surface area contributed by atoms with Gasteiger partial charge in [-0.25, -0.2) is 0 Å². The van der Waals surface area contributed by atoms with E-state index in [0.717, 1.165) is 52.2 Å². The molecule has 0 spiro atoms. The third-order valence-electron chi connectivity index (χ3n) is 4.87. The number of benzene rings is 1. The number of piperazine rings is 1. The van der Waals surface area contributed by atoms with E-state index in [9.17, 15) is 4.79 Å². The molecule has 1 aromatic carbocycles. The molecule has 2 fully saturated rings. The summed E-state index contributed by atoms with van der Waals surface area (Å²) < 4.78 is 5.36. The Labute approximate surface area is 133 Å². The number of rotatable bonds is 2. The van der Waals surface area contributed by atoms with Crippen LogP contribution in [0.4, 0.5) is 5.69 Å². The quantitative estimate of drug-likeness (QED) is 0.841. The van der Waals surface area contributed by atoms with E-state index in [0.29, 0.717) is 5.91 Å². The zero-order chi connectivity index (χ0) is 15.5. The molecule has 0 saturated carbocycles. The van der Waals surface area contributed by atoms with Gasteiger partial charge in [-0.15, -0.1) is 0 Å². The molecule has 0 unspecified atom stereocenters. The molecule has 4 nitrogen and oxygen atoms in total. The molecule has 1 aromatic rings. The van der Waals surface area contributed by atoms with Crippen molar-refractivity contribution in [3.63, 3.8) is 0 Å². The highest BCUT2D eigenvalue weighted by Crippen LogP contribution is 2.24. The Morgan fingerprint density at radius 2 is 1.77 bits per heavy atom. The first kappa shape index (κ1) is 15.3. The monoisotopic (exact) mass is 302 g/mol. The molecule has 3 rings (SSSR count). The lowest BCUT2D eigenvalue weighted by Crippen LogP contribution is -2.51. The van der Waals surface area contributed by atoms with Gasteiger partial charge in [-0.05, 0) is 43.9 Å². The van der Waals surface area contributed by atoms with Crippen molar-refractivity contribution >= 4 is 11.6 Å². The van der Waals surface area contributed by atoms with Gasteiger partial charge in [-0.2, -0.15) is 0 Å². The summed E-state index contributed by atoms with van der Waals surface area (Å²) in [6.07, 6.45) is 1.77. The van der Waals surface area contributed by atoms with E-state index in [-0.39, 0.29) is 5.92 Å². The number of carbonyl (C=O) groups is 1. The van der Waals surface area contributed by atoms with E-state index < -0.39 is 0 Å². The standard InChI is InChI=1S/C18H26N2O2/c1-14-3-4-15(2)17(13-14)19-7-9-20(10-8-19)18(21)16-5-11-22-12-6-16/h3-4,13,16H,5-12H2,1-2H3. The van der Waals surface area contributed by atoms with E-state index in [1.54, 1.807) is 0 Å². The molecule has 2 saturated heterocycles. The summed E-state index contributed by atoms with van der Waals surface area (Å²) in [4.78, 5) is 17.0. The third-order valence-corrected chi connectivity index (χ3v) is 4.87. The fourth-order valence-electron chi connectivity index (χ4n) is 3.43. The zero-order valence-electron chi connectivity index (χ0n) is 13.7. The lowest BCUT2D eigenvalue weighted by Gasteiger charge is -2.38. The van der Waals surface area contributed by atoms with Gasteiger partial charge < -0.3 is 14.5 Å². The largest absolute Gasteiger partial charge is 0.381 e. The second-order valence-electron chi connectivity index (χ2n) is 6.49. The predicted octanol–water partition coefficient (Wildman–Crippen LogP) is 2.38. The number of anilines is 1. The van der Waals surface area contributed by atoms with Gasteiger partial charge in [0.1, 0.15) is 0 Å².